The fourth-order valence-corrected chi connectivity index (χ4v) is 1.61. The molecule has 0 fully saturated rings. The maximum Gasteiger partial charge on any atom is 0.491 e. The minimum Gasteiger partial charge on any atom is -0.469 e. The van der Waals surface area contributed by atoms with Crippen molar-refractivity contribution in [3.63, 3.8) is 0 Å². The van der Waals surface area contributed by atoms with Gasteiger partial charge in [0.2, 0.25) is 0 Å². The summed E-state index contributed by atoms with van der Waals surface area (Å²) in [4.78, 5) is 11.0. The second-order valence-electron chi connectivity index (χ2n) is 3.45. The van der Waals surface area contributed by atoms with Crippen LogP contribution >= 0.6 is 0 Å². The van der Waals surface area contributed by atoms with Crippen molar-refractivity contribution >= 4 is 18.6 Å². The number of ether oxygens (including phenoxy) is 1. The van der Waals surface area contributed by atoms with E-state index in [-0.39, 0.29) is 12.4 Å². The lowest BCUT2D eigenvalue weighted by atomic mass is 9.78. The maximum atomic E-state index is 11.0. The third-order valence-electron chi connectivity index (χ3n) is 2.45. The van der Waals surface area contributed by atoms with Gasteiger partial charge in [-0.3, -0.25) is 4.79 Å². The topological polar surface area (TPSA) is 55.8 Å². The van der Waals surface area contributed by atoms with Gasteiger partial charge in [-0.25, -0.2) is 0 Å². The number of fused-ring (bicyclic) bond motifs is 1. The highest BCUT2D eigenvalue weighted by molar-refractivity contribution is 6.61. The molecule has 1 aromatic carbocycles. The molecule has 0 spiro atoms. The quantitative estimate of drug-likeness (QED) is 0.529. The molecule has 4 nitrogen and oxygen atoms in total. The molecule has 1 heterocycles. The highest BCUT2D eigenvalue weighted by Gasteiger charge is 2.27. The van der Waals surface area contributed by atoms with E-state index in [1.54, 1.807) is 6.07 Å². The summed E-state index contributed by atoms with van der Waals surface area (Å²) >= 11 is 0. The van der Waals surface area contributed by atoms with Crippen LogP contribution in [0, 0.1) is 0 Å². The number of rotatable bonds is 2. The summed E-state index contributed by atoms with van der Waals surface area (Å²) in [5.41, 5.74) is 2.54. The lowest BCUT2D eigenvalue weighted by Crippen LogP contribution is -2.28. The Balaban J connectivity index is 2.21. The van der Waals surface area contributed by atoms with Crippen molar-refractivity contribution in [2.24, 2.45) is 0 Å². The predicted molar refractivity (Wildman–Crippen MR) is 54.6 cm³/mol. The molecule has 0 saturated carbocycles. The van der Waals surface area contributed by atoms with Crippen LogP contribution in [0.4, 0.5) is 0 Å². The summed E-state index contributed by atoms with van der Waals surface area (Å²) in [5, 5.41) is 9.46. The van der Waals surface area contributed by atoms with Gasteiger partial charge in [-0.1, -0.05) is 18.2 Å². The van der Waals surface area contributed by atoms with Gasteiger partial charge in [0, 0.05) is 0 Å². The average molecular weight is 206 g/mol. The Bertz CT molecular complexity index is 391. The minimum atomic E-state index is -0.863. The SMILES string of the molecule is COC(=O)Cc1ccc2c(c1)B(O)OC2. The van der Waals surface area contributed by atoms with Crippen LogP contribution in [0.1, 0.15) is 11.1 Å². The predicted octanol–water partition coefficient (Wildman–Crippen LogP) is -0.380. The van der Waals surface area contributed by atoms with Crippen LogP contribution in [0.25, 0.3) is 0 Å². The molecular formula is C10H11BO4. The zero-order valence-corrected chi connectivity index (χ0v) is 8.40. The molecule has 78 valence electrons. The van der Waals surface area contributed by atoms with Gasteiger partial charge in [-0.15, -0.1) is 0 Å². The Morgan fingerprint density at radius 1 is 1.67 bits per heavy atom. The molecule has 0 saturated heterocycles. The smallest absolute Gasteiger partial charge is 0.469 e. The van der Waals surface area contributed by atoms with E-state index in [1.165, 1.54) is 7.11 Å². The lowest BCUT2D eigenvalue weighted by Gasteiger charge is -2.03. The maximum absolute atomic E-state index is 11.0. The number of hydrogen-bond acceptors (Lipinski definition) is 4. The zero-order valence-electron chi connectivity index (χ0n) is 8.40. The number of carbonyl (C=O) groups is 1. The highest BCUT2D eigenvalue weighted by atomic mass is 16.5. The standard InChI is InChI=1S/C10H11BO4/c1-14-10(12)5-7-2-3-8-6-15-11(13)9(8)4-7/h2-4,13H,5-6H2,1H3. The van der Waals surface area contributed by atoms with Crippen molar-refractivity contribution in [2.45, 2.75) is 13.0 Å². The summed E-state index contributed by atoms with van der Waals surface area (Å²) in [6.45, 7) is 0.426. The van der Waals surface area contributed by atoms with Crippen LogP contribution in [0.2, 0.25) is 0 Å². The van der Waals surface area contributed by atoms with Gasteiger partial charge in [0.25, 0.3) is 0 Å². The van der Waals surface area contributed by atoms with Crippen LogP contribution in [0.3, 0.4) is 0 Å². The summed E-state index contributed by atoms with van der Waals surface area (Å²) in [7, 11) is 0.491. The fourth-order valence-electron chi connectivity index (χ4n) is 1.61. The normalized spacial score (nSPS) is 13.9. The van der Waals surface area contributed by atoms with E-state index in [0.717, 1.165) is 16.6 Å². The molecule has 0 amide bonds. The summed E-state index contributed by atoms with van der Waals surface area (Å²) in [6.07, 6.45) is 0.219. The van der Waals surface area contributed by atoms with Crippen molar-refractivity contribution in [1.29, 1.82) is 0 Å². The van der Waals surface area contributed by atoms with Crippen LogP contribution in [-0.2, 0) is 27.2 Å². The van der Waals surface area contributed by atoms with Gasteiger partial charge in [0.1, 0.15) is 0 Å². The molecular weight excluding hydrogens is 195 g/mol. The Morgan fingerprint density at radius 3 is 3.20 bits per heavy atom. The molecule has 0 bridgehead atoms. The summed E-state index contributed by atoms with van der Waals surface area (Å²) in [6, 6.07) is 5.49. The molecule has 1 aliphatic heterocycles. The van der Waals surface area contributed by atoms with Gasteiger partial charge < -0.3 is 14.4 Å². The number of hydrogen-bond donors (Lipinski definition) is 1. The van der Waals surface area contributed by atoms with Crippen LogP contribution < -0.4 is 5.46 Å². The number of benzene rings is 1. The van der Waals surface area contributed by atoms with Gasteiger partial charge in [-0.05, 0) is 16.6 Å². The molecule has 0 unspecified atom stereocenters. The van der Waals surface area contributed by atoms with Crippen molar-refractivity contribution in [3.05, 3.63) is 29.3 Å². The molecule has 1 aromatic rings. The van der Waals surface area contributed by atoms with Gasteiger partial charge >= 0.3 is 13.1 Å². The van der Waals surface area contributed by atoms with Crippen molar-refractivity contribution in [2.75, 3.05) is 7.11 Å². The molecule has 0 aromatic heterocycles. The van der Waals surface area contributed by atoms with Gasteiger partial charge in [-0.2, -0.15) is 0 Å². The highest BCUT2D eigenvalue weighted by Crippen LogP contribution is 2.11. The third-order valence-corrected chi connectivity index (χ3v) is 2.45. The summed E-state index contributed by atoms with van der Waals surface area (Å²) < 4.78 is 9.62. The number of esters is 1. The van der Waals surface area contributed by atoms with Gasteiger partial charge in [0.05, 0.1) is 20.1 Å². The fraction of sp³-hybridized carbons (Fsp3) is 0.300. The number of methoxy groups -OCH3 is 1. The minimum absolute atomic E-state index is 0.219. The Kier molecular flexibility index (Phi) is 2.75. The second kappa shape index (κ2) is 4.04. The van der Waals surface area contributed by atoms with Crippen LogP contribution in [-0.4, -0.2) is 25.2 Å². The van der Waals surface area contributed by atoms with E-state index in [4.69, 9.17) is 4.65 Å². The van der Waals surface area contributed by atoms with E-state index in [2.05, 4.69) is 4.74 Å². The largest absolute Gasteiger partial charge is 0.491 e. The molecule has 0 atom stereocenters. The second-order valence-corrected chi connectivity index (χ2v) is 3.45. The van der Waals surface area contributed by atoms with Crippen molar-refractivity contribution in [1.82, 2.24) is 0 Å². The first-order chi connectivity index (χ1) is 7.20. The molecule has 0 aliphatic carbocycles. The Labute approximate surface area is 88.0 Å². The Morgan fingerprint density at radius 2 is 2.47 bits per heavy atom. The summed E-state index contributed by atoms with van der Waals surface area (Å²) in [5.74, 6) is -0.289. The third kappa shape index (κ3) is 2.03. The monoisotopic (exact) mass is 206 g/mol. The van der Waals surface area contributed by atoms with Crippen LogP contribution in [0.5, 0.6) is 0 Å². The first kappa shape index (κ1) is 10.2. The average Bonchev–Trinajstić information content (AvgIpc) is 2.60. The Hall–Kier alpha value is -1.33. The van der Waals surface area contributed by atoms with E-state index >= 15 is 0 Å². The van der Waals surface area contributed by atoms with Crippen LogP contribution in [0.15, 0.2) is 18.2 Å². The molecule has 5 heteroatoms. The van der Waals surface area contributed by atoms with E-state index in [0.29, 0.717) is 6.61 Å². The molecule has 2 rings (SSSR count). The van der Waals surface area contributed by atoms with E-state index < -0.39 is 7.12 Å². The van der Waals surface area contributed by atoms with Crippen molar-refractivity contribution in [3.8, 4) is 0 Å². The molecule has 15 heavy (non-hydrogen) atoms. The zero-order chi connectivity index (χ0) is 10.8. The lowest BCUT2D eigenvalue weighted by molar-refractivity contribution is -0.139. The van der Waals surface area contributed by atoms with Gasteiger partial charge in [0.15, 0.2) is 0 Å². The van der Waals surface area contributed by atoms with Crippen molar-refractivity contribution < 1.29 is 19.2 Å². The first-order valence-electron chi connectivity index (χ1n) is 4.69. The molecule has 1 aliphatic rings. The van der Waals surface area contributed by atoms with E-state index in [9.17, 15) is 9.82 Å². The number of carbonyl (C=O) groups excluding carboxylic acids is 1. The molecule has 0 radical (unpaired) electrons. The van der Waals surface area contributed by atoms with E-state index in [1.807, 2.05) is 12.1 Å². The molecule has 1 N–H and O–H groups in total. The first-order valence-corrected chi connectivity index (χ1v) is 4.69.